The van der Waals surface area contributed by atoms with Crippen molar-refractivity contribution in [2.24, 2.45) is 0 Å². The first kappa shape index (κ1) is 18.0. The van der Waals surface area contributed by atoms with Gasteiger partial charge in [-0.25, -0.2) is 0 Å². The lowest BCUT2D eigenvalue weighted by Gasteiger charge is -2.11. The molecule has 126 valence electrons. The Morgan fingerprint density at radius 2 is 1.88 bits per heavy atom. The lowest BCUT2D eigenvalue weighted by Crippen LogP contribution is -2.14. The Balaban J connectivity index is 2.00. The molecule has 0 aliphatic rings. The molecule has 0 heterocycles. The smallest absolute Gasteiger partial charge is 0.224 e. The zero-order valence-corrected chi connectivity index (χ0v) is 14.7. The van der Waals surface area contributed by atoms with Crippen molar-refractivity contribution in [1.82, 2.24) is 0 Å². The number of ether oxygens (including phenoxy) is 1. The minimum absolute atomic E-state index is 0.0907. The quantitative estimate of drug-likeness (QED) is 0.780. The molecule has 2 rings (SSSR count). The first-order valence-electron chi connectivity index (χ1n) is 7.65. The number of carbonyl (C=O) groups excluding carboxylic acids is 2. The molecule has 0 aliphatic carbocycles. The zero-order chi connectivity index (χ0) is 17.7. The Morgan fingerprint density at radius 3 is 2.58 bits per heavy atom. The lowest BCUT2D eigenvalue weighted by atomic mass is 10.0. The third-order valence-corrected chi connectivity index (χ3v) is 4.15. The van der Waals surface area contributed by atoms with E-state index in [1.165, 1.54) is 7.11 Å². The van der Waals surface area contributed by atoms with Crippen LogP contribution in [0.5, 0.6) is 5.75 Å². The highest BCUT2D eigenvalue weighted by Crippen LogP contribution is 2.24. The van der Waals surface area contributed by atoms with E-state index in [4.69, 9.17) is 16.3 Å². The summed E-state index contributed by atoms with van der Waals surface area (Å²) in [5.74, 6) is 0.0860. The van der Waals surface area contributed by atoms with Gasteiger partial charge in [0.05, 0.1) is 12.7 Å². The summed E-state index contributed by atoms with van der Waals surface area (Å²) in [7, 11) is 1.49. The van der Waals surface area contributed by atoms with E-state index in [9.17, 15) is 9.59 Å². The van der Waals surface area contributed by atoms with E-state index in [2.05, 4.69) is 5.32 Å². The standard InChI is InChI=1S/C19H20ClNO3/c1-12-5-4-6-16(13(12)2)21-19(23)10-8-17(22)15-11-14(20)7-9-18(15)24-3/h4-7,9,11H,8,10H2,1-3H3,(H,21,23). The number of benzene rings is 2. The Kier molecular flexibility index (Phi) is 5.99. The van der Waals surface area contributed by atoms with Gasteiger partial charge >= 0.3 is 0 Å². The first-order chi connectivity index (χ1) is 11.4. The molecule has 4 nitrogen and oxygen atoms in total. The van der Waals surface area contributed by atoms with Crippen LogP contribution in [0.1, 0.15) is 34.3 Å². The van der Waals surface area contributed by atoms with E-state index >= 15 is 0 Å². The van der Waals surface area contributed by atoms with Gasteiger partial charge in [0, 0.05) is 23.6 Å². The van der Waals surface area contributed by atoms with E-state index in [1.54, 1.807) is 18.2 Å². The number of aryl methyl sites for hydroxylation is 1. The number of carbonyl (C=O) groups is 2. The highest BCUT2D eigenvalue weighted by atomic mass is 35.5. The van der Waals surface area contributed by atoms with Gasteiger partial charge in [0.2, 0.25) is 5.91 Å². The molecule has 0 saturated heterocycles. The van der Waals surface area contributed by atoms with Crippen molar-refractivity contribution in [1.29, 1.82) is 0 Å². The molecule has 0 fully saturated rings. The molecular weight excluding hydrogens is 326 g/mol. The Labute approximate surface area is 146 Å². The maximum Gasteiger partial charge on any atom is 0.224 e. The summed E-state index contributed by atoms with van der Waals surface area (Å²) >= 11 is 5.93. The number of Topliss-reactive ketones (excluding diaryl/α,β-unsaturated/α-hetero) is 1. The van der Waals surface area contributed by atoms with Crippen LogP contribution in [0.25, 0.3) is 0 Å². The van der Waals surface area contributed by atoms with Gasteiger partial charge in [0.1, 0.15) is 5.75 Å². The maximum absolute atomic E-state index is 12.3. The van der Waals surface area contributed by atoms with Crippen LogP contribution in [0.15, 0.2) is 36.4 Å². The number of methoxy groups -OCH3 is 1. The summed E-state index contributed by atoms with van der Waals surface area (Å²) in [5.41, 5.74) is 3.29. The average molecular weight is 346 g/mol. The molecule has 5 heteroatoms. The second-order valence-corrected chi connectivity index (χ2v) is 6.00. The molecule has 24 heavy (non-hydrogen) atoms. The van der Waals surface area contributed by atoms with Gasteiger partial charge in [0.15, 0.2) is 5.78 Å². The molecule has 0 aromatic heterocycles. The molecule has 0 atom stereocenters. The SMILES string of the molecule is COc1ccc(Cl)cc1C(=O)CCC(=O)Nc1cccc(C)c1C. The summed E-state index contributed by atoms with van der Waals surface area (Å²) < 4.78 is 5.17. The largest absolute Gasteiger partial charge is 0.496 e. The van der Waals surface area contributed by atoms with Crippen LogP contribution in [0.4, 0.5) is 5.69 Å². The summed E-state index contributed by atoms with van der Waals surface area (Å²) in [4.78, 5) is 24.4. The minimum atomic E-state index is -0.196. The molecule has 0 unspecified atom stereocenters. The van der Waals surface area contributed by atoms with Gasteiger partial charge in [-0.3, -0.25) is 9.59 Å². The number of rotatable bonds is 6. The average Bonchev–Trinajstić information content (AvgIpc) is 2.56. The highest BCUT2D eigenvalue weighted by Gasteiger charge is 2.15. The number of nitrogens with one attached hydrogen (secondary N) is 1. The van der Waals surface area contributed by atoms with E-state index in [0.29, 0.717) is 16.3 Å². The fraction of sp³-hybridized carbons (Fsp3) is 0.263. The number of halogens is 1. The Bertz CT molecular complexity index is 771. The third kappa shape index (κ3) is 4.36. The molecule has 1 amide bonds. The van der Waals surface area contributed by atoms with Crippen molar-refractivity contribution < 1.29 is 14.3 Å². The van der Waals surface area contributed by atoms with Crippen LogP contribution in [0.2, 0.25) is 5.02 Å². The normalized spacial score (nSPS) is 10.3. The van der Waals surface area contributed by atoms with Gasteiger partial charge in [-0.2, -0.15) is 0 Å². The minimum Gasteiger partial charge on any atom is -0.496 e. The summed E-state index contributed by atoms with van der Waals surface area (Å²) in [6, 6.07) is 10.6. The van der Waals surface area contributed by atoms with Crippen molar-refractivity contribution in [3.05, 3.63) is 58.1 Å². The van der Waals surface area contributed by atoms with E-state index in [0.717, 1.165) is 16.8 Å². The van der Waals surface area contributed by atoms with Gasteiger partial charge in [-0.05, 0) is 49.2 Å². The second-order valence-electron chi connectivity index (χ2n) is 5.56. The van der Waals surface area contributed by atoms with Crippen LogP contribution in [-0.4, -0.2) is 18.8 Å². The monoisotopic (exact) mass is 345 g/mol. The number of anilines is 1. The van der Waals surface area contributed by atoms with Crippen LogP contribution in [-0.2, 0) is 4.79 Å². The van der Waals surface area contributed by atoms with Crippen LogP contribution < -0.4 is 10.1 Å². The molecule has 1 N–H and O–H groups in total. The summed E-state index contributed by atoms with van der Waals surface area (Å²) in [6.45, 7) is 3.94. The third-order valence-electron chi connectivity index (χ3n) is 3.92. The number of hydrogen-bond acceptors (Lipinski definition) is 3. The summed E-state index contributed by atoms with van der Waals surface area (Å²) in [6.07, 6.45) is 0.190. The van der Waals surface area contributed by atoms with Crippen molar-refractivity contribution in [3.63, 3.8) is 0 Å². The predicted octanol–water partition coefficient (Wildman–Crippen LogP) is 4.57. The van der Waals surface area contributed by atoms with Gasteiger partial charge in [-0.1, -0.05) is 23.7 Å². The zero-order valence-electron chi connectivity index (χ0n) is 14.0. The molecule has 0 aliphatic heterocycles. The van der Waals surface area contributed by atoms with E-state index in [1.807, 2.05) is 32.0 Å². The molecule has 0 spiro atoms. The molecule has 2 aromatic rings. The molecule has 0 radical (unpaired) electrons. The van der Waals surface area contributed by atoms with Gasteiger partial charge < -0.3 is 10.1 Å². The summed E-state index contributed by atoms with van der Waals surface area (Å²) in [5, 5.41) is 3.31. The van der Waals surface area contributed by atoms with Gasteiger partial charge in [0.25, 0.3) is 0 Å². The van der Waals surface area contributed by atoms with Crippen molar-refractivity contribution >= 4 is 29.0 Å². The first-order valence-corrected chi connectivity index (χ1v) is 8.03. The van der Waals surface area contributed by atoms with E-state index < -0.39 is 0 Å². The van der Waals surface area contributed by atoms with Crippen LogP contribution in [0.3, 0.4) is 0 Å². The fourth-order valence-electron chi connectivity index (χ4n) is 2.36. The number of ketones is 1. The molecule has 0 saturated carbocycles. The molecule has 2 aromatic carbocycles. The number of hydrogen-bond donors (Lipinski definition) is 1. The molecule has 0 bridgehead atoms. The lowest BCUT2D eigenvalue weighted by molar-refractivity contribution is -0.116. The fourth-order valence-corrected chi connectivity index (χ4v) is 2.53. The molecular formula is C19H20ClNO3. The Morgan fingerprint density at radius 1 is 1.12 bits per heavy atom. The van der Waals surface area contributed by atoms with Crippen LogP contribution in [0, 0.1) is 13.8 Å². The van der Waals surface area contributed by atoms with Crippen molar-refractivity contribution in [2.45, 2.75) is 26.7 Å². The van der Waals surface area contributed by atoms with Gasteiger partial charge in [-0.15, -0.1) is 0 Å². The highest BCUT2D eigenvalue weighted by molar-refractivity contribution is 6.31. The van der Waals surface area contributed by atoms with Crippen molar-refractivity contribution in [2.75, 3.05) is 12.4 Å². The van der Waals surface area contributed by atoms with E-state index in [-0.39, 0.29) is 24.5 Å². The number of amides is 1. The second kappa shape index (κ2) is 7.97. The topological polar surface area (TPSA) is 55.4 Å². The van der Waals surface area contributed by atoms with Crippen LogP contribution >= 0.6 is 11.6 Å². The van der Waals surface area contributed by atoms with Crippen molar-refractivity contribution in [3.8, 4) is 5.75 Å². The predicted molar refractivity (Wildman–Crippen MR) is 96.1 cm³/mol. The maximum atomic E-state index is 12.3. The Hall–Kier alpha value is -2.33.